The summed E-state index contributed by atoms with van der Waals surface area (Å²) in [6, 6.07) is 20.6. The summed E-state index contributed by atoms with van der Waals surface area (Å²) in [6.07, 6.45) is 3.56. The van der Waals surface area contributed by atoms with Crippen LogP contribution in [0.1, 0.15) is 47.6 Å². The molecule has 0 unspecified atom stereocenters. The second-order valence-electron chi connectivity index (χ2n) is 8.29. The van der Waals surface area contributed by atoms with E-state index in [1.807, 2.05) is 0 Å². The van der Waals surface area contributed by atoms with Gasteiger partial charge in [0.2, 0.25) is 0 Å². The van der Waals surface area contributed by atoms with Crippen molar-refractivity contribution < 1.29 is 0 Å². The Morgan fingerprint density at radius 3 is 1.68 bits per heavy atom. The lowest BCUT2D eigenvalue weighted by molar-refractivity contribution is 0.800. The molecule has 0 bridgehead atoms. The Morgan fingerprint density at radius 2 is 1.11 bits per heavy atom. The molecule has 0 amide bonds. The van der Waals surface area contributed by atoms with Crippen LogP contribution in [0.3, 0.4) is 0 Å². The van der Waals surface area contributed by atoms with Gasteiger partial charge in [0.1, 0.15) is 0 Å². The largest absolute Gasteiger partial charge is 0.0654 e. The fraction of sp³-hybridized carbons (Fsp3) is 0.286. The molecular formula is C28H30. The normalized spacial score (nSPS) is 11.5. The monoisotopic (exact) mass is 366 g/mol. The molecule has 28 heavy (non-hydrogen) atoms. The second-order valence-corrected chi connectivity index (χ2v) is 8.29. The number of unbranched alkanes of at least 4 members (excludes halogenated alkanes) is 1. The minimum absolute atomic E-state index is 1.13. The van der Waals surface area contributed by atoms with Gasteiger partial charge in [-0.2, -0.15) is 0 Å². The van der Waals surface area contributed by atoms with Crippen LogP contribution >= 0.6 is 0 Å². The SMILES string of the molecule is CCCCc1c(-c2ccccc2)c2cc(C)c(C)cc2c2cc(C)c(C)cc12. The molecule has 0 aliphatic rings. The Labute approximate surface area is 169 Å². The smallest absolute Gasteiger partial charge is 0.00668 e. The zero-order chi connectivity index (χ0) is 19.8. The van der Waals surface area contributed by atoms with E-state index in [-0.39, 0.29) is 0 Å². The van der Waals surface area contributed by atoms with Gasteiger partial charge in [0.05, 0.1) is 0 Å². The van der Waals surface area contributed by atoms with Crippen molar-refractivity contribution in [2.24, 2.45) is 0 Å². The highest BCUT2D eigenvalue weighted by Crippen LogP contribution is 2.41. The maximum Gasteiger partial charge on any atom is -0.00668 e. The van der Waals surface area contributed by atoms with E-state index in [4.69, 9.17) is 0 Å². The standard InChI is InChI=1S/C28H30/c1-6-7-13-23-24-14-18(2)19(3)15-25(24)26-16-20(4)21(5)17-27(26)28(23)22-11-9-8-10-12-22/h8-12,14-17H,6-7,13H2,1-5H3. The van der Waals surface area contributed by atoms with Crippen LogP contribution in [0.25, 0.3) is 32.7 Å². The maximum atomic E-state index is 2.43. The van der Waals surface area contributed by atoms with E-state index in [9.17, 15) is 0 Å². The summed E-state index contributed by atoms with van der Waals surface area (Å²) in [4.78, 5) is 0. The molecule has 0 aliphatic carbocycles. The van der Waals surface area contributed by atoms with Crippen LogP contribution in [0, 0.1) is 27.7 Å². The van der Waals surface area contributed by atoms with Gasteiger partial charge < -0.3 is 0 Å². The van der Waals surface area contributed by atoms with E-state index in [1.165, 1.54) is 73.3 Å². The van der Waals surface area contributed by atoms with Gasteiger partial charge in [-0.15, -0.1) is 0 Å². The predicted molar refractivity (Wildman–Crippen MR) is 124 cm³/mol. The van der Waals surface area contributed by atoms with Crippen LogP contribution in [-0.4, -0.2) is 0 Å². The van der Waals surface area contributed by atoms with Gasteiger partial charge in [0.15, 0.2) is 0 Å². The summed E-state index contributed by atoms with van der Waals surface area (Å²) in [5, 5.41) is 5.63. The van der Waals surface area contributed by atoms with E-state index in [2.05, 4.69) is 89.2 Å². The molecule has 0 saturated heterocycles. The Balaban J connectivity index is 2.24. The van der Waals surface area contributed by atoms with Crippen molar-refractivity contribution in [2.75, 3.05) is 0 Å². The van der Waals surface area contributed by atoms with Gasteiger partial charge >= 0.3 is 0 Å². The Hall–Kier alpha value is -2.60. The molecule has 0 heterocycles. The minimum atomic E-state index is 1.13. The summed E-state index contributed by atoms with van der Waals surface area (Å²) < 4.78 is 0. The molecule has 4 aromatic rings. The van der Waals surface area contributed by atoms with Gasteiger partial charge in [-0.1, -0.05) is 67.9 Å². The molecule has 0 fully saturated rings. The van der Waals surface area contributed by atoms with Gasteiger partial charge in [-0.25, -0.2) is 0 Å². The summed E-state index contributed by atoms with van der Waals surface area (Å²) in [5.74, 6) is 0. The zero-order valence-electron chi connectivity index (χ0n) is 17.8. The summed E-state index contributed by atoms with van der Waals surface area (Å²) in [6.45, 7) is 11.2. The van der Waals surface area contributed by atoms with Gasteiger partial charge in [0, 0.05) is 0 Å². The lowest BCUT2D eigenvalue weighted by Gasteiger charge is -2.20. The van der Waals surface area contributed by atoms with Gasteiger partial charge in [-0.3, -0.25) is 0 Å². The fourth-order valence-corrected chi connectivity index (χ4v) is 4.38. The summed E-state index contributed by atoms with van der Waals surface area (Å²) >= 11 is 0. The first-order valence-corrected chi connectivity index (χ1v) is 10.5. The molecule has 142 valence electrons. The van der Waals surface area contributed by atoms with Crippen LogP contribution in [-0.2, 0) is 6.42 Å². The lowest BCUT2D eigenvalue weighted by atomic mass is 9.83. The van der Waals surface area contributed by atoms with Crippen LogP contribution in [0.15, 0.2) is 54.6 Å². The van der Waals surface area contributed by atoms with Crippen LogP contribution in [0.5, 0.6) is 0 Å². The highest BCUT2D eigenvalue weighted by molar-refractivity contribution is 6.16. The third kappa shape index (κ3) is 3.11. The molecule has 0 radical (unpaired) electrons. The van der Waals surface area contributed by atoms with Crippen LogP contribution < -0.4 is 0 Å². The average Bonchev–Trinajstić information content (AvgIpc) is 2.69. The molecule has 4 aromatic carbocycles. The van der Waals surface area contributed by atoms with E-state index in [1.54, 1.807) is 0 Å². The van der Waals surface area contributed by atoms with E-state index < -0.39 is 0 Å². The number of fused-ring (bicyclic) bond motifs is 3. The maximum absolute atomic E-state index is 2.43. The fourth-order valence-electron chi connectivity index (χ4n) is 4.38. The average molecular weight is 367 g/mol. The topological polar surface area (TPSA) is 0 Å². The molecule has 0 heteroatoms. The Bertz CT molecular complexity index is 1160. The highest BCUT2D eigenvalue weighted by atomic mass is 14.2. The number of benzene rings is 4. The Kier molecular flexibility index (Phi) is 4.98. The first-order chi connectivity index (χ1) is 13.5. The van der Waals surface area contributed by atoms with Crippen molar-refractivity contribution in [1.29, 1.82) is 0 Å². The van der Waals surface area contributed by atoms with Gasteiger partial charge in [0.25, 0.3) is 0 Å². The lowest BCUT2D eigenvalue weighted by Crippen LogP contribution is -1.98. The third-order valence-electron chi connectivity index (χ3n) is 6.30. The molecule has 0 aromatic heterocycles. The number of rotatable bonds is 4. The molecule has 0 N–H and O–H groups in total. The van der Waals surface area contributed by atoms with Crippen molar-refractivity contribution in [3.05, 3.63) is 82.4 Å². The summed E-state index contributed by atoms with van der Waals surface area (Å²) in [5.41, 5.74) is 9.78. The third-order valence-corrected chi connectivity index (χ3v) is 6.30. The zero-order valence-corrected chi connectivity index (χ0v) is 17.8. The van der Waals surface area contributed by atoms with Crippen molar-refractivity contribution in [3.8, 4) is 11.1 Å². The molecule has 0 saturated carbocycles. The van der Waals surface area contributed by atoms with Crippen LogP contribution in [0.2, 0.25) is 0 Å². The van der Waals surface area contributed by atoms with Gasteiger partial charge in [-0.05, 0) is 101 Å². The number of hydrogen-bond donors (Lipinski definition) is 0. The summed E-state index contributed by atoms with van der Waals surface area (Å²) in [7, 11) is 0. The highest BCUT2D eigenvalue weighted by Gasteiger charge is 2.17. The van der Waals surface area contributed by atoms with Crippen molar-refractivity contribution in [1.82, 2.24) is 0 Å². The molecule has 0 nitrogen and oxygen atoms in total. The first kappa shape index (κ1) is 18.7. The molecule has 0 aliphatic heterocycles. The van der Waals surface area contributed by atoms with Crippen molar-refractivity contribution in [2.45, 2.75) is 53.9 Å². The predicted octanol–water partition coefficient (Wildman–Crippen LogP) is 8.24. The minimum Gasteiger partial charge on any atom is -0.0654 e. The van der Waals surface area contributed by atoms with Crippen molar-refractivity contribution >= 4 is 21.5 Å². The van der Waals surface area contributed by atoms with E-state index >= 15 is 0 Å². The second kappa shape index (κ2) is 7.43. The van der Waals surface area contributed by atoms with Crippen LogP contribution in [0.4, 0.5) is 0 Å². The number of aryl methyl sites for hydroxylation is 5. The molecule has 4 rings (SSSR count). The van der Waals surface area contributed by atoms with E-state index in [0.717, 1.165) is 6.42 Å². The Morgan fingerprint density at radius 1 is 0.607 bits per heavy atom. The van der Waals surface area contributed by atoms with Crippen molar-refractivity contribution in [3.63, 3.8) is 0 Å². The number of hydrogen-bond acceptors (Lipinski definition) is 0. The molecule has 0 atom stereocenters. The molecule has 0 spiro atoms. The quantitative estimate of drug-likeness (QED) is 0.319. The van der Waals surface area contributed by atoms with E-state index in [0.29, 0.717) is 0 Å². The first-order valence-electron chi connectivity index (χ1n) is 10.5. The molecular weight excluding hydrogens is 336 g/mol.